The van der Waals surface area contributed by atoms with E-state index in [1.165, 1.54) is 7.06 Å². The summed E-state index contributed by atoms with van der Waals surface area (Å²) in [6, 6.07) is 3.34. The Bertz CT molecular complexity index is 169. The predicted octanol–water partition coefficient (Wildman–Crippen LogP) is -3.81. The fourth-order valence-corrected chi connectivity index (χ4v) is 1.50. The first-order valence-corrected chi connectivity index (χ1v) is 4.45. The van der Waals surface area contributed by atoms with Crippen molar-refractivity contribution in [2.24, 2.45) is 0 Å². The van der Waals surface area contributed by atoms with E-state index >= 15 is 0 Å². The molecule has 0 aliphatic rings. The van der Waals surface area contributed by atoms with Crippen molar-refractivity contribution in [1.82, 2.24) is 0 Å². The van der Waals surface area contributed by atoms with Gasteiger partial charge in [0.1, 0.15) is 0 Å². The third-order valence-electron chi connectivity index (χ3n) is 0.864. The normalized spacial score (nSPS) is 11.3. The van der Waals surface area contributed by atoms with Gasteiger partial charge in [0.05, 0.1) is 0 Å². The molecule has 0 bridgehead atoms. The van der Waals surface area contributed by atoms with Crippen molar-refractivity contribution in [1.29, 1.82) is 0 Å². The molecule has 0 N–H and O–H groups in total. The number of hydrogen-bond acceptors (Lipinski definition) is 1. The van der Waals surface area contributed by atoms with Crippen LogP contribution in [0.4, 0.5) is 0 Å². The van der Waals surface area contributed by atoms with E-state index in [1.807, 2.05) is 0 Å². The molecular formula is B10S-. The molecule has 0 fully saturated rings. The average Bonchev–Trinajstić information content (AvgIpc) is 1.86. The van der Waals surface area contributed by atoms with Crippen molar-refractivity contribution in [2.45, 2.75) is 0 Å². The zero-order valence-corrected chi connectivity index (χ0v) is 7.00. The van der Waals surface area contributed by atoms with E-state index in [4.69, 9.17) is 38.7 Å². The monoisotopic (exact) mass is 142 g/mol. The van der Waals surface area contributed by atoms with Crippen LogP contribution in [0, 0.1) is 0 Å². The Labute approximate surface area is 79.8 Å². The van der Waals surface area contributed by atoms with E-state index in [0.717, 1.165) is 0 Å². The van der Waals surface area contributed by atoms with Gasteiger partial charge in [-0.2, -0.15) is 0 Å². The summed E-state index contributed by atoms with van der Waals surface area (Å²) in [7, 11) is 27.5. The average molecular weight is 140 g/mol. The molecule has 11 radical (unpaired) electrons. The van der Waals surface area contributed by atoms with Gasteiger partial charge in [-0.1, -0.05) is 0 Å². The standard InChI is InChI=1S/B10S/c1-6-7-11(10(4)5)8-9(2)3/q-1. The van der Waals surface area contributed by atoms with Gasteiger partial charge in [0.25, 0.3) is 0 Å². The molecule has 0 aromatic heterocycles. The van der Waals surface area contributed by atoms with Crippen LogP contribution in [0.2, 0.25) is 0 Å². The van der Waals surface area contributed by atoms with Gasteiger partial charge in [0, 0.05) is 0 Å². The van der Waals surface area contributed by atoms with E-state index in [0.29, 0.717) is 0 Å². The molecule has 37 valence electrons. The Kier molecular flexibility index (Phi) is 7.10. The molecule has 0 aliphatic carbocycles. The van der Waals surface area contributed by atoms with Crippen LogP contribution in [0.1, 0.15) is 0 Å². The summed E-state index contributed by atoms with van der Waals surface area (Å²) >= 11 is 0. The van der Waals surface area contributed by atoms with Crippen LogP contribution in [0.5, 0.6) is 0 Å². The third-order valence-corrected chi connectivity index (χ3v) is 2.59. The fourth-order valence-electron chi connectivity index (χ4n) is 0.499. The van der Waals surface area contributed by atoms with Gasteiger partial charge >= 0.3 is 79.6 Å². The summed E-state index contributed by atoms with van der Waals surface area (Å²) in [5.41, 5.74) is 0. The van der Waals surface area contributed by atoms with Crippen molar-refractivity contribution in [2.75, 3.05) is 0 Å². The Morgan fingerprint density at radius 2 is 1.64 bits per heavy atom. The maximum atomic E-state index is 5.41. The molecule has 0 amide bonds. The van der Waals surface area contributed by atoms with Crippen molar-refractivity contribution >= 4 is 79.6 Å². The molecule has 0 aromatic rings. The molecule has 0 heterocycles. The molecule has 11 heteroatoms. The van der Waals surface area contributed by atoms with E-state index < -0.39 is 21.8 Å². The van der Waals surface area contributed by atoms with Crippen LogP contribution in [-0.2, 0) is 9.60 Å². The van der Waals surface area contributed by atoms with Crippen LogP contribution in [0.25, 0.3) is 0 Å². The van der Waals surface area contributed by atoms with Crippen LogP contribution < -0.4 is 0 Å². The summed E-state index contributed by atoms with van der Waals surface area (Å²) in [6.07, 6.45) is -0.510. The molecular weight excluding hydrogens is 140 g/mol. The first-order chi connectivity index (χ1) is 5.07. The number of rotatable bonds is 3. The summed E-state index contributed by atoms with van der Waals surface area (Å²) in [6.45, 7) is 0. The molecule has 0 aliphatic heterocycles. The van der Waals surface area contributed by atoms with Gasteiger partial charge < -0.3 is 0 Å². The molecule has 0 aromatic carbocycles. The summed E-state index contributed by atoms with van der Waals surface area (Å²) in [4.78, 5) is 0. The fraction of sp³-hybridized carbons (Fsp3) is 0. The van der Waals surface area contributed by atoms with Gasteiger partial charge in [-0.05, 0) is 0 Å². The van der Waals surface area contributed by atoms with Crippen LogP contribution in [0.15, 0.2) is 0 Å². The molecule has 0 atom stereocenters. The minimum absolute atomic E-state index is 0.431. The van der Waals surface area contributed by atoms with E-state index in [2.05, 4.69) is 0 Å². The Morgan fingerprint density at radius 3 is 1.91 bits per heavy atom. The second-order valence-electron chi connectivity index (χ2n) is 1.91. The summed E-state index contributed by atoms with van der Waals surface area (Å²) < 4.78 is 0. The van der Waals surface area contributed by atoms with Gasteiger partial charge in [-0.15, -0.1) is 0 Å². The summed E-state index contributed by atoms with van der Waals surface area (Å²) in [5.74, 6) is -0.482. The van der Waals surface area contributed by atoms with E-state index in [9.17, 15) is 0 Å². The van der Waals surface area contributed by atoms with Crippen molar-refractivity contribution < 1.29 is 0 Å². The molecule has 11 heavy (non-hydrogen) atoms. The third kappa shape index (κ3) is 6.19. The SMILES string of the molecule is [B][B]B=[S-](=BB([B])[B])B([B])[B]. The first-order valence-electron chi connectivity index (χ1n) is 3.04. The van der Waals surface area contributed by atoms with Crippen molar-refractivity contribution in [3.05, 3.63) is 0 Å². The van der Waals surface area contributed by atoms with Gasteiger partial charge in [0.2, 0.25) is 0 Å². The van der Waals surface area contributed by atoms with Gasteiger partial charge in [-0.3, -0.25) is 0 Å². The predicted molar refractivity (Wildman–Crippen MR) is 64.9 cm³/mol. The molecule has 0 unspecified atom stereocenters. The van der Waals surface area contributed by atoms with Crippen LogP contribution >= 0.6 is 0 Å². The first kappa shape index (κ1) is 12.0. The second kappa shape index (κ2) is 6.51. The van der Waals surface area contributed by atoms with Gasteiger partial charge in [-0.25, -0.2) is 0 Å². The van der Waals surface area contributed by atoms with E-state index in [-0.39, 0.29) is 0 Å². The molecule has 0 nitrogen and oxygen atoms in total. The molecule has 0 saturated heterocycles. The Morgan fingerprint density at radius 1 is 1.09 bits per heavy atom. The van der Waals surface area contributed by atoms with E-state index in [1.54, 1.807) is 12.1 Å². The zero-order chi connectivity index (χ0) is 8.85. The number of hydrogen-bond donors (Lipinski definition) is 0. The van der Waals surface area contributed by atoms with Gasteiger partial charge in [0.15, 0.2) is 0 Å². The zero-order valence-electron chi connectivity index (χ0n) is 6.18. The van der Waals surface area contributed by atoms with Crippen LogP contribution in [0.3, 0.4) is 0 Å². The summed E-state index contributed by atoms with van der Waals surface area (Å²) in [5, 5.41) is 0. The van der Waals surface area contributed by atoms with Crippen molar-refractivity contribution in [3.8, 4) is 0 Å². The van der Waals surface area contributed by atoms with Crippen LogP contribution in [-0.4, -0.2) is 70.0 Å². The minimum atomic E-state index is -0.510. The molecule has 0 rings (SSSR count). The Hall–Kier alpha value is 0.999. The van der Waals surface area contributed by atoms with Crippen molar-refractivity contribution in [3.63, 3.8) is 0 Å². The molecule has 0 saturated carbocycles. The topological polar surface area (TPSA) is 0 Å². The maximum absolute atomic E-state index is 5.41. The Balaban J connectivity index is 4.47. The second-order valence-corrected chi connectivity index (χ2v) is 3.82. The quantitative estimate of drug-likeness (QED) is 0.278. The molecule has 0 spiro atoms.